The highest BCUT2D eigenvalue weighted by molar-refractivity contribution is 6.03. The zero-order valence-corrected chi connectivity index (χ0v) is 11.4. The van der Waals surface area contributed by atoms with Crippen LogP contribution in [0.25, 0.3) is 0 Å². The quantitative estimate of drug-likeness (QED) is 0.845. The van der Waals surface area contributed by atoms with Crippen LogP contribution in [0.5, 0.6) is 0 Å². The first-order valence-corrected chi connectivity index (χ1v) is 7.14. The molecule has 0 bridgehead atoms. The molecule has 1 N–H and O–H groups in total. The van der Waals surface area contributed by atoms with Crippen LogP contribution >= 0.6 is 0 Å². The Morgan fingerprint density at radius 1 is 1.32 bits per heavy atom. The molecular weight excluding hydrogens is 238 g/mol. The maximum Gasteiger partial charge on any atom is 0.220 e. The van der Waals surface area contributed by atoms with Gasteiger partial charge in [0.2, 0.25) is 5.91 Å². The first-order valence-electron chi connectivity index (χ1n) is 7.14. The molecule has 1 fully saturated rings. The van der Waals surface area contributed by atoms with Crippen molar-refractivity contribution in [3.63, 3.8) is 0 Å². The molecule has 2 rings (SSSR count). The normalized spacial score (nSPS) is 19.6. The molecule has 1 aromatic rings. The van der Waals surface area contributed by atoms with Crippen molar-refractivity contribution in [1.29, 1.82) is 0 Å². The van der Waals surface area contributed by atoms with Crippen molar-refractivity contribution in [3.05, 3.63) is 35.4 Å². The third-order valence-corrected chi connectivity index (χ3v) is 3.60. The minimum atomic E-state index is -0.340. The van der Waals surface area contributed by atoms with Gasteiger partial charge in [-0.15, -0.1) is 0 Å². The Morgan fingerprint density at radius 3 is 2.89 bits per heavy atom. The Labute approximate surface area is 114 Å². The number of amides is 1. The van der Waals surface area contributed by atoms with Gasteiger partial charge in [-0.3, -0.25) is 9.59 Å². The summed E-state index contributed by atoms with van der Waals surface area (Å²) in [4.78, 5) is 24.2. The molecular formula is C16H21NO2. The average Bonchev–Trinajstić information content (AvgIpc) is 2.64. The minimum absolute atomic E-state index is 0.00354. The van der Waals surface area contributed by atoms with Gasteiger partial charge in [-0.05, 0) is 24.8 Å². The lowest BCUT2D eigenvalue weighted by atomic mass is 9.94. The van der Waals surface area contributed by atoms with E-state index in [0.717, 1.165) is 43.2 Å². The van der Waals surface area contributed by atoms with E-state index in [1.54, 1.807) is 0 Å². The third kappa shape index (κ3) is 3.43. The lowest BCUT2D eigenvalue weighted by Gasteiger charge is -2.16. The summed E-state index contributed by atoms with van der Waals surface area (Å²) in [6, 6.07) is 7.41. The van der Waals surface area contributed by atoms with Crippen LogP contribution in [0.2, 0.25) is 0 Å². The summed E-state index contributed by atoms with van der Waals surface area (Å²) in [5, 5.41) is 2.86. The number of Topliss-reactive ketones (excluding diaryl/α,β-unsaturated/α-hetero) is 1. The molecule has 0 aromatic heterocycles. The van der Waals surface area contributed by atoms with Gasteiger partial charge in [0.1, 0.15) is 0 Å². The number of aryl methyl sites for hydroxylation is 1. The fourth-order valence-corrected chi connectivity index (χ4v) is 2.61. The van der Waals surface area contributed by atoms with Gasteiger partial charge in [0.05, 0.1) is 6.04 Å². The number of nitrogens with one attached hydrogen (secondary N) is 1. The van der Waals surface area contributed by atoms with Crippen molar-refractivity contribution in [3.8, 4) is 0 Å². The fraction of sp³-hybridized carbons (Fsp3) is 0.500. The maximum absolute atomic E-state index is 12.6. The fourth-order valence-electron chi connectivity index (χ4n) is 2.61. The van der Waals surface area contributed by atoms with Crippen LogP contribution in [0.4, 0.5) is 0 Å². The Balaban J connectivity index is 2.20. The van der Waals surface area contributed by atoms with Crippen LogP contribution in [0, 0.1) is 0 Å². The van der Waals surface area contributed by atoms with Crippen molar-refractivity contribution in [1.82, 2.24) is 5.32 Å². The first-order chi connectivity index (χ1) is 9.22. The number of hydrogen-bond acceptors (Lipinski definition) is 2. The number of rotatable bonds is 4. The standard InChI is InChI=1S/C16H21NO2/c1-2-7-12-8-3-4-9-13(12)16(19)14-10-5-6-11-15(18)17-14/h3-4,8-9,14H,2,5-7,10-11H2,1H3,(H,17,18). The number of benzene rings is 1. The highest BCUT2D eigenvalue weighted by Crippen LogP contribution is 2.18. The number of carbonyl (C=O) groups is 2. The Morgan fingerprint density at radius 2 is 2.11 bits per heavy atom. The number of carbonyl (C=O) groups excluding carboxylic acids is 2. The van der Waals surface area contributed by atoms with Crippen molar-refractivity contribution >= 4 is 11.7 Å². The molecule has 1 unspecified atom stereocenters. The molecule has 1 atom stereocenters. The summed E-state index contributed by atoms with van der Waals surface area (Å²) < 4.78 is 0. The topological polar surface area (TPSA) is 46.2 Å². The molecule has 1 heterocycles. The van der Waals surface area contributed by atoms with Crippen molar-refractivity contribution in [2.24, 2.45) is 0 Å². The monoisotopic (exact) mass is 259 g/mol. The van der Waals surface area contributed by atoms with Gasteiger partial charge in [0.25, 0.3) is 0 Å². The van der Waals surface area contributed by atoms with Gasteiger partial charge in [-0.25, -0.2) is 0 Å². The van der Waals surface area contributed by atoms with E-state index in [-0.39, 0.29) is 17.7 Å². The first kappa shape index (κ1) is 13.8. The predicted octanol–water partition coefficient (Wildman–Crippen LogP) is 2.88. The maximum atomic E-state index is 12.6. The average molecular weight is 259 g/mol. The van der Waals surface area contributed by atoms with E-state index in [0.29, 0.717) is 6.42 Å². The SMILES string of the molecule is CCCc1ccccc1C(=O)C1CCCCC(=O)N1. The molecule has 0 saturated carbocycles. The predicted molar refractivity (Wildman–Crippen MR) is 75.2 cm³/mol. The molecule has 1 aromatic carbocycles. The molecule has 1 saturated heterocycles. The molecule has 1 aliphatic rings. The highest BCUT2D eigenvalue weighted by atomic mass is 16.2. The zero-order valence-electron chi connectivity index (χ0n) is 11.4. The summed E-state index contributed by atoms with van der Waals surface area (Å²) >= 11 is 0. The minimum Gasteiger partial charge on any atom is -0.346 e. The van der Waals surface area contributed by atoms with Gasteiger partial charge < -0.3 is 5.32 Å². The molecule has 3 heteroatoms. The van der Waals surface area contributed by atoms with Crippen LogP contribution in [-0.4, -0.2) is 17.7 Å². The largest absolute Gasteiger partial charge is 0.346 e. The van der Waals surface area contributed by atoms with Crippen molar-refractivity contribution in [2.45, 2.75) is 51.5 Å². The summed E-state index contributed by atoms with van der Waals surface area (Å²) in [5.74, 6) is 0.0723. The second-order valence-electron chi connectivity index (χ2n) is 5.14. The Bertz CT molecular complexity index is 468. The van der Waals surface area contributed by atoms with Crippen LogP contribution < -0.4 is 5.32 Å². The van der Waals surface area contributed by atoms with E-state index in [4.69, 9.17) is 0 Å². The third-order valence-electron chi connectivity index (χ3n) is 3.60. The molecule has 1 amide bonds. The summed E-state index contributed by atoms with van der Waals surface area (Å²) in [6.45, 7) is 2.11. The molecule has 102 valence electrons. The van der Waals surface area contributed by atoms with E-state index >= 15 is 0 Å². The highest BCUT2D eigenvalue weighted by Gasteiger charge is 2.25. The van der Waals surface area contributed by atoms with Gasteiger partial charge >= 0.3 is 0 Å². The second kappa shape index (κ2) is 6.50. The number of ketones is 1. The van der Waals surface area contributed by atoms with Gasteiger partial charge in [-0.2, -0.15) is 0 Å². The summed E-state index contributed by atoms with van der Waals surface area (Å²) in [5.41, 5.74) is 1.87. The molecule has 0 spiro atoms. The van der Waals surface area contributed by atoms with E-state index in [9.17, 15) is 9.59 Å². The molecule has 1 aliphatic heterocycles. The lowest BCUT2D eigenvalue weighted by molar-refractivity contribution is -0.121. The van der Waals surface area contributed by atoms with Gasteiger partial charge in [0.15, 0.2) is 5.78 Å². The molecule has 0 radical (unpaired) electrons. The molecule has 3 nitrogen and oxygen atoms in total. The molecule has 0 aliphatic carbocycles. The summed E-state index contributed by atoms with van der Waals surface area (Å²) in [6.07, 6.45) is 5.03. The van der Waals surface area contributed by atoms with E-state index < -0.39 is 0 Å². The van der Waals surface area contributed by atoms with Crippen LogP contribution in [-0.2, 0) is 11.2 Å². The second-order valence-corrected chi connectivity index (χ2v) is 5.14. The van der Waals surface area contributed by atoms with Gasteiger partial charge in [-0.1, -0.05) is 44.0 Å². The smallest absolute Gasteiger partial charge is 0.220 e. The Hall–Kier alpha value is -1.64. The van der Waals surface area contributed by atoms with Crippen molar-refractivity contribution < 1.29 is 9.59 Å². The zero-order chi connectivity index (χ0) is 13.7. The van der Waals surface area contributed by atoms with E-state index in [1.807, 2.05) is 24.3 Å². The van der Waals surface area contributed by atoms with Crippen LogP contribution in [0.1, 0.15) is 54.9 Å². The van der Waals surface area contributed by atoms with Crippen molar-refractivity contribution in [2.75, 3.05) is 0 Å². The summed E-state index contributed by atoms with van der Waals surface area (Å²) in [7, 11) is 0. The van der Waals surface area contributed by atoms with Crippen LogP contribution in [0.15, 0.2) is 24.3 Å². The van der Waals surface area contributed by atoms with Gasteiger partial charge in [0, 0.05) is 12.0 Å². The van der Waals surface area contributed by atoms with E-state index in [2.05, 4.69) is 12.2 Å². The molecule has 19 heavy (non-hydrogen) atoms. The Kier molecular flexibility index (Phi) is 4.72. The lowest BCUT2D eigenvalue weighted by Crippen LogP contribution is -2.39. The van der Waals surface area contributed by atoms with Crippen LogP contribution in [0.3, 0.4) is 0 Å². The number of hydrogen-bond donors (Lipinski definition) is 1. The van der Waals surface area contributed by atoms with E-state index in [1.165, 1.54) is 0 Å².